The molecule has 0 aliphatic heterocycles. The second-order valence-electron chi connectivity index (χ2n) is 9.36. The first-order valence-corrected chi connectivity index (χ1v) is 14.2. The number of allylic oxidation sites excluding steroid dienone is 9. The highest BCUT2D eigenvalue weighted by atomic mass is 28.3. The summed E-state index contributed by atoms with van der Waals surface area (Å²) in [6, 6.07) is 7.96. The van der Waals surface area contributed by atoms with Gasteiger partial charge in [0, 0.05) is 19.6 Å². The number of rotatable bonds is 4. The Morgan fingerprint density at radius 3 is 2.12 bits per heavy atom. The van der Waals surface area contributed by atoms with E-state index in [-0.39, 0.29) is 29.3 Å². The first kappa shape index (κ1) is 25.1. The third kappa shape index (κ3) is 5.38. The average molecular weight is 449 g/mol. The third-order valence-electron chi connectivity index (χ3n) is 6.48. The molecule has 0 amide bonds. The first-order chi connectivity index (χ1) is 15.6. The van der Waals surface area contributed by atoms with Crippen LogP contribution >= 0.6 is 0 Å². The van der Waals surface area contributed by atoms with Crippen molar-refractivity contribution in [3.8, 4) is 24.3 Å². The van der Waals surface area contributed by atoms with E-state index in [0.29, 0.717) is 27.8 Å². The molecular weight excluding hydrogens is 424 g/mol. The monoisotopic (exact) mass is 448 g/mol. The van der Waals surface area contributed by atoms with Crippen LogP contribution in [0.5, 0.6) is 0 Å². The fourth-order valence-electron chi connectivity index (χ4n) is 4.55. The molecule has 3 atom stereocenters. The van der Waals surface area contributed by atoms with Crippen LogP contribution in [0.15, 0.2) is 58.0 Å². The van der Waals surface area contributed by atoms with Crippen molar-refractivity contribution in [2.75, 3.05) is 0 Å². The molecule has 2 aliphatic rings. The van der Waals surface area contributed by atoms with E-state index in [1.807, 2.05) is 24.3 Å². The summed E-state index contributed by atoms with van der Waals surface area (Å²) in [6.07, 6.45) is 6.61. The molecule has 0 spiro atoms. The summed E-state index contributed by atoms with van der Waals surface area (Å²) in [5.74, 6) is -0.488. The summed E-state index contributed by atoms with van der Waals surface area (Å²) < 4.78 is 0. The highest BCUT2D eigenvalue weighted by Crippen LogP contribution is 2.45. The van der Waals surface area contributed by atoms with Crippen molar-refractivity contribution in [1.82, 2.24) is 0 Å². The fourth-order valence-corrected chi connectivity index (χ4v) is 6.59. The van der Waals surface area contributed by atoms with Gasteiger partial charge in [0.05, 0.1) is 43.0 Å². The van der Waals surface area contributed by atoms with Gasteiger partial charge < -0.3 is 0 Å². The van der Waals surface area contributed by atoms with Crippen LogP contribution in [-0.2, 0) is 0 Å². The van der Waals surface area contributed by atoms with Crippen LogP contribution < -0.4 is 0 Å². The van der Waals surface area contributed by atoms with E-state index >= 15 is 0 Å². The molecule has 0 saturated heterocycles. The van der Waals surface area contributed by atoms with Gasteiger partial charge in [-0.1, -0.05) is 44.8 Å². The van der Waals surface area contributed by atoms with Crippen molar-refractivity contribution in [2.24, 2.45) is 11.8 Å². The number of hydrogen-bond donors (Lipinski definition) is 0. The van der Waals surface area contributed by atoms with Crippen LogP contribution in [0.2, 0.25) is 25.2 Å². The van der Waals surface area contributed by atoms with E-state index in [2.05, 4.69) is 42.0 Å². The number of nitriles is 4. The number of nitrogens with zero attached hydrogens (tertiary/aromatic N) is 6. The van der Waals surface area contributed by atoms with Crippen molar-refractivity contribution < 1.29 is 0 Å². The van der Waals surface area contributed by atoms with E-state index in [9.17, 15) is 21.0 Å². The van der Waals surface area contributed by atoms with Crippen LogP contribution in [0, 0.1) is 70.3 Å². The van der Waals surface area contributed by atoms with Crippen LogP contribution in [0.25, 0.3) is 9.69 Å². The smallest absolute Gasteiger partial charge is 0.226 e. The van der Waals surface area contributed by atoms with E-state index in [4.69, 9.17) is 13.1 Å². The average Bonchev–Trinajstić information content (AvgIpc) is 3.28. The Kier molecular flexibility index (Phi) is 7.95. The minimum absolute atomic E-state index is 0.0563. The summed E-state index contributed by atoms with van der Waals surface area (Å²) in [5, 5.41) is 38.5. The van der Waals surface area contributed by atoms with Crippen molar-refractivity contribution in [2.45, 2.75) is 50.9 Å². The first-order valence-electron chi connectivity index (χ1n) is 10.6. The predicted octanol–water partition coefficient (Wildman–Crippen LogP) is 6.36. The van der Waals surface area contributed by atoms with Gasteiger partial charge in [0.25, 0.3) is 11.4 Å². The Hall–Kier alpha value is -4.14. The molecule has 0 bridgehead atoms. The van der Waals surface area contributed by atoms with Crippen LogP contribution in [-0.4, -0.2) is 8.07 Å². The molecule has 162 valence electrons. The predicted molar refractivity (Wildman–Crippen MR) is 128 cm³/mol. The van der Waals surface area contributed by atoms with Gasteiger partial charge in [0.2, 0.25) is 0 Å². The SMILES string of the molecule is [C-]#[N+]/C(C#N)=C1\CC(C(=C)C#N)/C(=C(/C#N)[N+]#[C-])C=C1C(C#N)=CC1CCC([Si](C)(C)C)C1. The zero-order chi connectivity index (χ0) is 24.8. The van der Waals surface area contributed by atoms with Crippen molar-refractivity contribution in [1.29, 1.82) is 21.0 Å². The standard InChI is InChI=1S/C26H24N6Si/c1-17(13-27)21-11-24(26(16-30)32-3)22(12-23(21)25(15-29)31-2)19(14-28)9-18-7-8-20(10-18)33(4,5)6/h9,12,18,20-21H,1,7-8,10-11H2,4-6H3/b19-9?,25-23-,26-24+. The lowest BCUT2D eigenvalue weighted by atomic mass is 9.75. The van der Waals surface area contributed by atoms with Gasteiger partial charge in [-0.25, -0.2) is 20.2 Å². The van der Waals surface area contributed by atoms with E-state index in [1.54, 1.807) is 0 Å². The molecule has 6 nitrogen and oxygen atoms in total. The molecule has 1 saturated carbocycles. The molecule has 0 radical (unpaired) electrons. The molecule has 1 fully saturated rings. The topological polar surface area (TPSA) is 104 Å². The van der Waals surface area contributed by atoms with Crippen molar-refractivity contribution in [3.63, 3.8) is 0 Å². The quantitative estimate of drug-likeness (QED) is 0.283. The van der Waals surface area contributed by atoms with Gasteiger partial charge in [-0.2, -0.15) is 10.5 Å². The Bertz CT molecular complexity index is 1210. The molecule has 33 heavy (non-hydrogen) atoms. The molecule has 0 aromatic carbocycles. The van der Waals surface area contributed by atoms with Gasteiger partial charge in [0.15, 0.2) is 0 Å². The highest BCUT2D eigenvalue weighted by molar-refractivity contribution is 6.77. The van der Waals surface area contributed by atoms with E-state index in [1.165, 1.54) is 6.08 Å². The fraction of sp³-hybridized carbons (Fsp3) is 0.385. The zero-order valence-corrected chi connectivity index (χ0v) is 20.1. The summed E-state index contributed by atoms with van der Waals surface area (Å²) >= 11 is 0. The molecule has 2 aliphatic carbocycles. The van der Waals surface area contributed by atoms with Gasteiger partial charge in [-0.15, -0.1) is 0 Å². The zero-order valence-electron chi connectivity index (χ0n) is 19.1. The largest absolute Gasteiger partial charge is 0.265 e. The van der Waals surface area contributed by atoms with E-state index < -0.39 is 14.0 Å². The summed E-state index contributed by atoms with van der Waals surface area (Å²) in [5.41, 5.74) is 1.82. The van der Waals surface area contributed by atoms with Gasteiger partial charge in [-0.05, 0) is 47.4 Å². The maximum atomic E-state index is 10.0. The molecule has 7 heteroatoms. The maximum Gasteiger partial charge on any atom is 0.265 e. The second kappa shape index (κ2) is 10.4. The molecule has 0 heterocycles. The van der Waals surface area contributed by atoms with Crippen LogP contribution in [0.4, 0.5) is 0 Å². The number of hydrogen-bond acceptors (Lipinski definition) is 4. The molecule has 0 aromatic rings. The Morgan fingerprint density at radius 2 is 1.67 bits per heavy atom. The Labute approximate surface area is 197 Å². The molecule has 0 aromatic heterocycles. The van der Waals surface area contributed by atoms with E-state index in [0.717, 1.165) is 19.3 Å². The summed E-state index contributed by atoms with van der Waals surface area (Å²) in [7, 11) is -1.31. The van der Waals surface area contributed by atoms with Crippen molar-refractivity contribution in [3.05, 3.63) is 80.8 Å². The minimum Gasteiger partial charge on any atom is -0.226 e. The van der Waals surface area contributed by atoms with Gasteiger partial charge >= 0.3 is 0 Å². The lowest BCUT2D eigenvalue weighted by Gasteiger charge is -2.28. The Morgan fingerprint density at radius 1 is 1.03 bits per heavy atom. The Balaban J connectivity index is 2.74. The lowest BCUT2D eigenvalue weighted by Crippen LogP contribution is -2.26. The van der Waals surface area contributed by atoms with Gasteiger partial charge in [0.1, 0.15) is 0 Å². The van der Waals surface area contributed by atoms with Crippen molar-refractivity contribution >= 4 is 8.07 Å². The summed E-state index contributed by atoms with van der Waals surface area (Å²) in [4.78, 5) is 6.65. The van der Waals surface area contributed by atoms with Crippen LogP contribution in [0.3, 0.4) is 0 Å². The normalized spacial score (nSPS) is 25.7. The third-order valence-corrected chi connectivity index (χ3v) is 9.45. The van der Waals surface area contributed by atoms with Crippen LogP contribution in [0.1, 0.15) is 25.7 Å². The highest BCUT2D eigenvalue weighted by Gasteiger charge is 2.35. The molecular formula is C26H24N6Si. The lowest BCUT2D eigenvalue weighted by molar-refractivity contribution is 0.678. The second-order valence-corrected chi connectivity index (χ2v) is 14.9. The molecule has 3 unspecified atom stereocenters. The summed E-state index contributed by atoms with van der Waals surface area (Å²) in [6.45, 7) is 25.6. The molecule has 0 N–H and O–H groups in total. The molecule has 2 rings (SSSR count). The minimum atomic E-state index is -1.31. The maximum absolute atomic E-state index is 10.0. The van der Waals surface area contributed by atoms with Gasteiger partial charge in [-0.3, -0.25) is 0 Å².